The van der Waals surface area contributed by atoms with E-state index >= 15 is 0 Å². The lowest BCUT2D eigenvalue weighted by molar-refractivity contribution is -0.149. The minimum absolute atomic E-state index is 0.00900. The van der Waals surface area contributed by atoms with Crippen LogP contribution in [0.2, 0.25) is 0 Å². The van der Waals surface area contributed by atoms with Crippen LogP contribution in [0.4, 0.5) is 0 Å². The number of carbonyl (C=O) groups is 2. The van der Waals surface area contributed by atoms with E-state index in [1.54, 1.807) is 30.3 Å². The van der Waals surface area contributed by atoms with Crippen LogP contribution < -0.4 is 5.32 Å². The maximum absolute atomic E-state index is 12.2. The fourth-order valence-electron chi connectivity index (χ4n) is 2.63. The third-order valence-corrected chi connectivity index (χ3v) is 3.97. The van der Waals surface area contributed by atoms with Gasteiger partial charge in [-0.3, -0.25) is 4.79 Å². The summed E-state index contributed by atoms with van der Waals surface area (Å²) < 4.78 is 5.13. The maximum Gasteiger partial charge on any atom is 0.370 e. The largest absolute Gasteiger partial charge is 0.478 e. The smallest absolute Gasteiger partial charge is 0.370 e. The Labute approximate surface area is 149 Å². The molecule has 0 spiro atoms. The van der Waals surface area contributed by atoms with E-state index in [4.69, 9.17) is 14.9 Å². The highest BCUT2D eigenvalue weighted by Crippen LogP contribution is 2.23. The summed E-state index contributed by atoms with van der Waals surface area (Å²) in [6.07, 6.45) is -5.44. The molecule has 9 heteroatoms. The molecule has 6 N–H and O–H groups in total. The van der Waals surface area contributed by atoms with Crippen LogP contribution in [-0.4, -0.2) is 74.5 Å². The Hall–Kier alpha value is -2.46. The lowest BCUT2D eigenvalue weighted by Crippen LogP contribution is -2.60. The van der Waals surface area contributed by atoms with E-state index in [0.29, 0.717) is 5.56 Å². The molecular formula is C17H21NO8. The number of hydrogen-bond acceptors (Lipinski definition) is 7. The Morgan fingerprint density at radius 1 is 1.19 bits per heavy atom. The van der Waals surface area contributed by atoms with Gasteiger partial charge in [0.1, 0.15) is 18.3 Å². The standard InChI is InChI=1S/C17H21NO8/c19-8-11(21)15(23)16-14(10(20)7-12(26-16)17(24)25)18-13(22)6-9-4-2-1-3-5-9/h1-5,7,10-11,14-16,19-21,23H,6,8H2,(H,18,22)(H,24,25)/t10-,11-,14-,15-,16?/m1/s1. The Kier molecular flexibility index (Phi) is 6.70. The number of ether oxygens (including phenoxy) is 1. The van der Waals surface area contributed by atoms with Crippen LogP contribution in [0.1, 0.15) is 5.56 Å². The van der Waals surface area contributed by atoms with Crippen molar-refractivity contribution >= 4 is 11.9 Å². The van der Waals surface area contributed by atoms with E-state index < -0.39 is 54.7 Å². The molecule has 0 aromatic heterocycles. The molecule has 1 heterocycles. The molecule has 2 rings (SSSR count). The zero-order chi connectivity index (χ0) is 19.3. The summed E-state index contributed by atoms with van der Waals surface area (Å²) in [6, 6.07) is 7.56. The number of aliphatic hydroxyl groups excluding tert-OH is 4. The van der Waals surface area contributed by atoms with Gasteiger partial charge in [-0.1, -0.05) is 30.3 Å². The molecule has 26 heavy (non-hydrogen) atoms. The summed E-state index contributed by atoms with van der Waals surface area (Å²) in [5.74, 6) is -2.60. The summed E-state index contributed by atoms with van der Waals surface area (Å²) in [5, 5.41) is 50.4. The van der Waals surface area contributed by atoms with Crippen molar-refractivity contribution in [2.24, 2.45) is 0 Å². The lowest BCUT2D eigenvalue weighted by atomic mass is 9.93. The first-order valence-electron chi connectivity index (χ1n) is 7.93. The zero-order valence-electron chi connectivity index (χ0n) is 13.7. The van der Waals surface area contributed by atoms with Crippen LogP contribution >= 0.6 is 0 Å². The van der Waals surface area contributed by atoms with Gasteiger partial charge < -0.3 is 35.6 Å². The number of nitrogens with one attached hydrogen (secondary N) is 1. The van der Waals surface area contributed by atoms with Gasteiger partial charge in [0, 0.05) is 0 Å². The molecule has 1 aliphatic rings. The van der Waals surface area contributed by atoms with Crippen molar-refractivity contribution < 1.29 is 39.9 Å². The fraction of sp³-hybridized carbons (Fsp3) is 0.412. The quantitative estimate of drug-likeness (QED) is 0.328. The van der Waals surface area contributed by atoms with Crippen molar-refractivity contribution in [3.05, 3.63) is 47.7 Å². The number of carboxylic acid groups (broad SMARTS) is 1. The van der Waals surface area contributed by atoms with Crippen molar-refractivity contribution in [3.8, 4) is 0 Å². The van der Waals surface area contributed by atoms with Gasteiger partial charge in [-0.25, -0.2) is 4.79 Å². The predicted octanol–water partition coefficient (Wildman–Crippen LogP) is -1.84. The maximum atomic E-state index is 12.2. The van der Waals surface area contributed by atoms with Gasteiger partial charge in [-0.15, -0.1) is 0 Å². The van der Waals surface area contributed by atoms with Gasteiger partial charge in [-0.05, 0) is 11.6 Å². The van der Waals surface area contributed by atoms with E-state index in [9.17, 15) is 24.9 Å². The monoisotopic (exact) mass is 367 g/mol. The summed E-state index contributed by atoms with van der Waals surface area (Å²) in [5.41, 5.74) is 0.713. The van der Waals surface area contributed by atoms with Crippen LogP contribution in [0.25, 0.3) is 0 Å². The van der Waals surface area contributed by atoms with Crippen molar-refractivity contribution in [1.29, 1.82) is 0 Å². The van der Waals surface area contributed by atoms with Crippen LogP contribution in [0, 0.1) is 0 Å². The number of aliphatic carboxylic acids is 1. The second-order valence-electron chi connectivity index (χ2n) is 5.91. The molecule has 0 fully saturated rings. The minimum atomic E-state index is -1.74. The third kappa shape index (κ3) is 4.79. The molecule has 9 nitrogen and oxygen atoms in total. The number of carbonyl (C=O) groups excluding carboxylic acids is 1. The Balaban J connectivity index is 2.18. The average molecular weight is 367 g/mol. The molecule has 0 aliphatic carbocycles. The molecular weight excluding hydrogens is 346 g/mol. The van der Waals surface area contributed by atoms with Gasteiger partial charge in [0.25, 0.3) is 0 Å². The summed E-state index contributed by atoms with van der Waals surface area (Å²) >= 11 is 0. The van der Waals surface area contributed by atoms with Gasteiger partial charge in [0.05, 0.1) is 19.1 Å². The van der Waals surface area contributed by atoms with Gasteiger partial charge in [0.2, 0.25) is 11.7 Å². The molecule has 1 aliphatic heterocycles. The molecule has 0 saturated carbocycles. The van der Waals surface area contributed by atoms with Crippen LogP contribution in [0.15, 0.2) is 42.2 Å². The first-order chi connectivity index (χ1) is 12.3. The highest BCUT2D eigenvalue weighted by atomic mass is 16.5. The first-order valence-corrected chi connectivity index (χ1v) is 7.93. The van der Waals surface area contributed by atoms with Crippen molar-refractivity contribution in [3.63, 3.8) is 0 Å². The second kappa shape index (κ2) is 8.77. The lowest BCUT2D eigenvalue weighted by Gasteiger charge is -2.38. The molecule has 0 saturated heterocycles. The summed E-state index contributed by atoms with van der Waals surface area (Å²) in [7, 11) is 0. The number of aliphatic hydroxyl groups is 4. The average Bonchev–Trinajstić information content (AvgIpc) is 2.62. The number of benzene rings is 1. The van der Waals surface area contributed by atoms with E-state index in [1.807, 2.05) is 0 Å². The number of amides is 1. The topological polar surface area (TPSA) is 157 Å². The van der Waals surface area contributed by atoms with Crippen molar-refractivity contribution in [2.75, 3.05) is 6.61 Å². The number of rotatable bonds is 7. The molecule has 1 unspecified atom stereocenters. The minimum Gasteiger partial charge on any atom is -0.478 e. The second-order valence-corrected chi connectivity index (χ2v) is 5.91. The van der Waals surface area contributed by atoms with Gasteiger partial charge in [0.15, 0.2) is 6.10 Å². The van der Waals surface area contributed by atoms with Gasteiger partial charge in [-0.2, -0.15) is 0 Å². The van der Waals surface area contributed by atoms with Crippen molar-refractivity contribution in [2.45, 2.75) is 36.9 Å². The SMILES string of the molecule is O=C(Cc1ccccc1)N[C@H]1C([C@H](O)[C@H](O)CO)OC(C(=O)O)=C[C@H]1O. The Bertz CT molecular complexity index is 662. The normalized spacial score (nSPS) is 24.8. The van der Waals surface area contributed by atoms with Gasteiger partial charge >= 0.3 is 5.97 Å². The number of hydrogen-bond donors (Lipinski definition) is 6. The highest BCUT2D eigenvalue weighted by Gasteiger charge is 2.43. The molecule has 1 aromatic rings. The first kappa shape index (κ1) is 19.9. The Morgan fingerprint density at radius 2 is 1.85 bits per heavy atom. The fourth-order valence-corrected chi connectivity index (χ4v) is 2.63. The molecule has 5 atom stereocenters. The van der Waals surface area contributed by atoms with E-state index in [0.717, 1.165) is 6.08 Å². The van der Waals surface area contributed by atoms with Crippen LogP contribution in [0.3, 0.4) is 0 Å². The molecule has 1 amide bonds. The molecule has 1 aromatic carbocycles. The third-order valence-electron chi connectivity index (χ3n) is 3.97. The van der Waals surface area contributed by atoms with Crippen molar-refractivity contribution in [1.82, 2.24) is 5.32 Å². The summed E-state index contributed by atoms with van der Waals surface area (Å²) in [6.45, 7) is -0.812. The predicted molar refractivity (Wildman–Crippen MR) is 87.8 cm³/mol. The van der Waals surface area contributed by atoms with Crippen LogP contribution in [0.5, 0.6) is 0 Å². The summed E-state index contributed by atoms with van der Waals surface area (Å²) in [4.78, 5) is 23.3. The Morgan fingerprint density at radius 3 is 2.42 bits per heavy atom. The molecule has 0 radical (unpaired) electrons. The zero-order valence-corrected chi connectivity index (χ0v) is 13.7. The molecule has 0 bridgehead atoms. The number of carboxylic acids is 1. The molecule has 142 valence electrons. The van der Waals surface area contributed by atoms with E-state index in [1.165, 1.54) is 0 Å². The van der Waals surface area contributed by atoms with E-state index in [2.05, 4.69) is 5.32 Å². The highest BCUT2D eigenvalue weighted by molar-refractivity contribution is 5.85. The van der Waals surface area contributed by atoms with Crippen LogP contribution in [-0.2, 0) is 20.7 Å². The van der Waals surface area contributed by atoms with E-state index in [-0.39, 0.29) is 6.42 Å².